The molecule has 3 nitrogen and oxygen atoms in total. The van der Waals surface area contributed by atoms with Crippen LogP contribution in [0.3, 0.4) is 0 Å². The topological polar surface area (TPSA) is 29.0 Å². The molecule has 0 saturated carbocycles. The highest BCUT2D eigenvalue weighted by atomic mass is 32.1. The van der Waals surface area contributed by atoms with Crippen molar-refractivity contribution in [2.24, 2.45) is 0 Å². The molecule has 0 aliphatic carbocycles. The predicted molar refractivity (Wildman–Crippen MR) is 90.6 cm³/mol. The number of aromatic nitrogens is 2. The maximum absolute atomic E-state index is 5.53. The number of pyridine rings is 1. The molecule has 0 aliphatic rings. The molecule has 2 aromatic heterocycles. The van der Waals surface area contributed by atoms with E-state index in [4.69, 9.17) is 12.2 Å². The number of hydrogen-bond donors (Lipinski definition) is 0. The summed E-state index contributed by atoms with van der Waals surface area (Å²) in [6.45, 7) is 7.21. The highest BCUT2D eigenvalue weighted by Crippen LogP contribution is 2.34. The standard InChI is InChI=1S/C15H19N3S2/c1-4-7-13(19)18(5-2)15-11(3)17-14(20-15)12-8-6-9-16-10-12/h6,8-10H,4-5,7H2,1-3H3. The molecule has 0 bridgehead atoms. The van der Waals surface area contributed by atoms with Gasteiger partial charge in [-0.1, -0.05) is 30.5 Å². The molecule has 0 saturated heterocycles. The molecule has 0 fully saturated rings. The molecular weight excluding hydrogens is 286 g/mol. The summed E-state index contributed by atoms with van der Waals surface area (Å²) in [5.41, 5.74) is 2.10. The normalized spacial score (nSPS) is 10.6. The summed E-state index contributed by atoms with van der Waals surface area (Å²) in [6, 6.07) is 3.97. The Morgan fingerprint density at radius 3 is 2.80 bits per heavy atom. The van der Waals surface area contributed by atoms with Crippen LogP contribution < -0.4 is 4.90 Å². The second-order valence-corrected chi connectivity index (χ2v) is 5.99. The third-order valence-corrected chi connectivity index (χ3v) is 4.66. The smallest absolute Gasteiger partial charge is 0.127 e. The average Bonchev–Trinajstić information content (AvgIpc) is 2.83. The molecule has 0 unspecified atom stereocenters. The highest BCUT2D eigenvalue weighted by molar-refractivity contribution is 7.80. The van der Waals surface area contributed by atoms with Crippen molar-refractivity contribution in [3.8, 4) is 10.6 Å². The van der Waals surface area contributed by atoms with E-state index in [9.17, 15) is 0 Å². The van der Waals surface area contributed by atoms with E-state index >= 15 is 0 Å². The number of hydrogen-bond acceptors (Lipinski definition) is 4. The average molecular weight is 305 g/mol. The van der Waals surface area contributed by atoms with Gasteiger partial charge < -0.3 is 4.90 Å². The van der Waals surface area contributed by atoms with Crippen molar-refractivity contribution in [1.82, 2.24) is 9.97 Å². The van der Waals surface area contributed by atoms with E-state index in [1.807, 2.05) is 25.3 Å². The van der Waals surface area contributed by atoms with Crippen LogP contribution in [0.4, 0.5) is 5.00 Å². The highest BCUT2D eigenvalue weighted by Gasteiger charge is 2.17. The molecule has 0 amide bonds. The maximum atomic E-state index is 5.53. The van der Waals surface area contributed by atoms with Gasteiger partial charge in [0.15, 0.2) is 0 Å². The molecule has 2 aromatic rings. The van der Waals surface area contributed by atoms with E-state index in [0.717, 1.165) is 45.6 Å². The maximum Gasteiger partial charge on any atom is 0.127 e. The lowest BCUT2D eigenvalue weighted by molar-refractivity contribution is 0.956. The Morgan fingerprint density at radius 2 is 2.20 bits per heavy atom. The van der Waals surface area contributed by atoms with Crippen molar-refractivity contribution < 1.29 is 0 Å². The van der Waals surface area contributed by atoms with Crippen molar-refractivity contribution in [3.63, 3.8) is 0 Å². The molecule has 0 aliphatic heterocycles. The van der Waals surface area contributed by atoms with Crippen LogP contribution in [0.25, 0.3) is 10.6 Å². The summed E-state index contributed by atoms with van der Waals surface area (Å²) in [6.07, 6.45) is 5.65. The molecule has 5 heteroatoms. The van der Waals surface area contributed by atoms with Gasteiger partial charge in [0.2, 0.25) is 0 Å². The Bertz CT molecular complexity index is 578. The third kappa shape index (κ3) is 3.22. The second kappa shape index (κ2) is 6.90. The molecule has 2 heterocycles. The van der Waals surface area contributed by atoms with Crippen LogP contribution in [-0.2, 0) is 0 Å². The third-order valence-electron chi connectivity index (χ3n) is 3.01. The Hall–Kier alpha value is -1.33. The number of thiocarbonyl (C=S) groups is 1. The van der Waals surface area contributed by atoms with Crippen LogP contribution in [0.15, 0.2) is 24.5 Å². The summed E-state index contributed by atoms with van der Waals surface area (Å²) in [5, 5.41) is 2.16. The zero-order chi connectivity index (χ0) is 14.5. The summed E-state index contributed by atoms with van der Waals surface area (Å²) in [7, 11) is 0. The van der Waals surface area contributed by atoms with Gasteiger partial charge in [-0.15, -0.1) is 0 Å². The Morgan fingerprint density at radius 1 is 1.40 bits per heavy atom. The number of rotatable bonds is 5. The minimum Gasteiger partial charge on any atom is -0.326 e. The summed E-state index contributed by atoms with van der Waals surface area (Å²) in [4.78, 5) is 12.0. The molecule has 0 N–H and O–H groups in total. The molecule has 2 rings (SSSR count). The van der Waals surface area contributed by atoms with Gasteiger partial charge in [0.25, 0.3) is 0 Å². The SMILES string of the molecule is CCCC(=S)N(CC)c1sc(-c2cccnc2)nc1C. The molecule has 0 atom stereocenters. The van der Waals surface area contributed by atoms with E-state index in [1.165, 1.54) is 0 Å². The van der Waals surface area contributed by atoms with Gasteiger partial charge >= 0.3 is 0 Å². The van der Waals surface area contributed by atoms with Crippen molar-refractivity contribution in [2.75, 3.05) is 11.4 Å². The fourth-order valence-electron chi connectivity index (χ4n) is 2.03. The fourth-order valence-corrected chi connectivity index (χ4v) is 3.66. The largest absolute Gasteiger partial charge is 0.326 e. The van der Waals surface area contributed by atoms with E-state index in [2.05, 4.69) is 28.7 Å². The lowest BCUT2D eigenvalue weighted by Gasteiger charge is -2.22. The van der Waals surface area contributed by atoms with Crippen LogP contribution in [-0.4, -0.2) is 21.5 Å². The second-order valence-electron chi connectivity index (χ2n) is 4.54. The van der Waals surface area contributed by atoms with Gasteiger partial charge in [-0.05, 0) is 38.8 Å². The van der Waals surface area contributed by atoms with Crippen molar-refractivity contribution >= 4 is 33.5 Å². The number of anilines is 1. The van der Waals surface area contributed by atoms with Crippen molar-refractivity contribution in [3.05, 3.63) is 30.2 Å². The van der Waals surface area contributed by atoms with E-state index in [1.54, 1.807) is 17.5 Å². The Balaban J connectivity index is 2.33. The lowest BCUT2D eigenvalue weighted by Crippen LogP contribution is -2.28. The minimum absolute atomic E-state index is 0.883. The molecule has 0 aromatic carbocycles. The van der Waals surface area contributed by atoms with Gasteiger partial charge in [0.1, 0.15) is 10.0 Å². The van der Waals surface area contributed by atoms with Gasteiger partial charge in [0.05, 0.1) is 10.7 Å². The number of thiazole rings is 1. The molecular formula is C15H19N3S2. The van der Waals surface area contributed by atoms with Gasteiger partial charge in [0, 0.05) is 24.5 Å². The first-order valence-corrected chi connectivity index (χ1v) is 8.08. The van der Waals surface area contributed by atoms with Crippen LogP contribution in [0.1, 0.15) is 32.4 Å². The van der Waals surface area contributed by atoms with Crippen molar-refractivity contribution in [2.45, 2.75) is 33.6 Å². The van der Waals surface area contributed by atoms with E-state index in [0.29, 0.717) is 0 Å². The zero-order valence-electron chi connectivity index (χ0n) is 12.1. The van der Waals surface area contributed by atoms with Gasteiger partial charge in [-0.2, -0.15) is 0 Å². The molecule has 20 heavy (non-hydrogen) atoms. The first-order valence-electron chi connectivity index (χ1n) is 6.85. The van der Waals surface area contributed by atoms with E-state index < -0.39 is 0 Å². The summed E-state index contributed by atoms with van der Waals surface area (Å²) in [5.74, 6) is 0. The molecule has 0 radical (unpaired) electrons. The van der Waals surface area contributed by atoms with Crippen molar-refractivity contribution in [1.29, 1.82) is 0 Å². The zero-order valence-corrected chi connectivity index (χ0v) is 13.7. The first kappa shape index (κ1) is 15.1. The van der Waals surface area contributed by atoms with Crippen LogP contribution >= 0.6 is 23.6 Å². The number of aryl methyl sites for hydroxylation is 1. The number of nitrogens with zero attached hydrogens (tertiary/aromatic N) is 3. The predicted octanol–water partition coefficient (Wildman–Crippen LogP) is 4.47. The summed E-state index contributed by atoms with van der Waals surface area (Å²) >= 11 is 7.22. The Kier molecular flexibility index (Phi) is 5.20. The van der Waals surface area contributed by atoms with Crippen LogP contribution in [0, 0.1) is 6.92 Å². The van der Waals surface area contributed by atoms with Gasteiger partial charge in [-0.25, -0.2) is 4.98 Å². The molecule has 106 valence electrons. The van der Waals surface area contributed by atoms with E-state index in [-0.39, 0.29) is 0 Å². The monoisotopic (exact) mass is 305 g/mol. The first-order chi connectivity index (χ1) is 9.67. The van der Waals surface area contributed by atoms with Crippen LogP contribution in [0.5, 0.6) is 0 Å². The summed E-state index contributed by atoms with van der Waals surface area (Å²) < 4.78 is 0. The quantitative estimate of drug-likeness (QED) is 0.762. The molecule has 0 spiro atoms. The lowest BCUT2D eigenvalue weighted by atomic mass is 10.3. The van der Waals surface area contributed by atoms with Gasteiger partial charge in [-0.3, -0.25) is 4.98 Å². The Labute approximate surface area is 129 Å². The van der Waals surface area contributed by atoms with Crippen LogP contribution in [0.2, 0.25) is 0 Å². The fraction of sp³-hybridized carbons (Fsp3) is 0.400. The minimum atomic E-state index is 0.883.